The second-order valence-corrected chi connectivity index (χ2v) is 9.67. The summed E-state index contributed by atoms with van der Waals surface area (Å²) in [5.41, 5.74) is 2.09. The average molecular weight is 359 g/mol. The molecule has 0 radical (unpaired) electrons. The zero-order valence-corrected chi connectivity index (χ0v) is 15.8. The highest BCUT2D eigenvalue weighted by atomic mass is 28.3. The smallest absolute Gasteiger partial charge is 0.330 e. The van der Waals surface area contributed by atoms with E-state index in [1.165, 1.54) is 15.6 Å². The minimum atomic E-state index is -2.50. The van der Waals surface area contributed by atoms with Crippen LogP contribution < -0.4 is 15.6 Å². The van der Waals surface area contributed by atoms with Crippen LogP contribution in [0.2, 0.25) is 0 Å². The van der Waals surface area contributed by atoms with Gasteiger partial charge in [0.1, 0.15) is 0 Å². The number of carbonyl (C=O) groups excluding carboxylic acids is 1. The lowest BCUT2D eigenvalue weighted by Gasteiger charge is -2.30. The predicted octanol–water partition coefficient (Wildman–Crippen LogP) is 2.82. The molecule has 0 bridgehead atoms. The first-order valence-corrected chi connectivity index (χ1v) is 10.9. The first-order valence-electron chi connectivity index (χ1n) is 8.80. The van der Waals surface area contributed by atoms with Crippen molar-refractivity contribution < 1.29 is 9.53 Å². The lowest BCUT2D eigenvalue weighted by atomic mass is 10.3. The van der Waals surface area contributed by atoms with Crippen molar-refractivity contribution in [1.82, 2.24) is 0 Å². The molecule has 0 spiro atoms. The van der Waals surface area contributed by atoms with Gasteiger partial charge in [0.25, 0.3) is 0 Å². The van der Waals surface area contributed by atoms with Crippen molar-refractivity contribution in [3.05, 3.63) is 103 Å². The number of esters is 1. The summed E-state index contributed by atoms with van der Waals surface area (Å²) >= 11 is 0. The molecule has 0 heterocycles. The molecule has 0 atom stereocenters. The van der Waals surface area contributed by atoms with Crippen molar-refractivity contribution in [3.8, 4) is 0 Å². The second-order valence-electron chi connectivity index (χ2n) is 5.99. The molecule has 0 saturated carbocycles. The third kappa shape index (κ3) is 3.68. The lowest BCUT2D eigenvalue weighted by Crippen LogP contribution is -2.66. The fourth-order valence-electron chi connectivity index (χ4n) is 3.28. The van der Waals surface area contributed by atoms with Gasteiger partial charge in [-0.05, 0) is 22.5 Å². The Morgan fingerprint density at radius 2 is 1.15 bits per heavy atom. The molecule has 0 saturated heterocycles. The molecule has 0 fully saturated rings. The van der Waals surface area contributed by atoms with Crippen molar-refractivity contribution in [2.45, 2.75) is 6.92 Å². The molecular weight excluding hydrogens is 336 g/mol. The van der Waals surface area contributed by atoms with Crippen molar-refractivity contribution in [1.29, 1.82) is 0 Å². The first kappa shape index (κ1) is 17.9. The summed E-state index contributed by atoms with van der Waals surface area (Å²) in [4.78, 5) is 12.1. The zero-order chi connectivity index (χ0) is 18.2. The molecule has 3 rings (SSSR count). The number of hydrogen-bond donors (Lipinski definition) is 0. The fraction of sp³-hybridized carbons (Fsp3) is 0.0870. The monoisotopic (exact) mass is 358 g/mol. The van der Waals surface area contributed by atoms with E-state index in [-0.39, 0.29) is 5.97 Å². The van der Waals surface area contributed by atoms with Crippen LogP contribution in [0, 0.1) is 0 Å². The van der Waals surface area contributed by atoms with Crippen LogP contribution in [0.15, 0.2) is 103 Å². The molecule has 0 unspecified atom stereocenters. The van der Waals surface area contributed by atoms with Gasteiger partial charge >= 0.3 is 5.97 Å². The highest BCUT2D eigenvalue weighted by molar-refractivity contribution is 7.14. The molecule has 0 aliphatic rings. The van der Waals surface area contributed by atoms with Crippen LogP contribution >= 0.6 is 0 Å². The Morgan fingerprint density at radius 3 is 1.50 bits per heavy atom. The van der Waals surface area contributed by atoms with Crippen LogP contribution in [-0.4, -0.2) is 20.7 Å². The Balaban J connectivity index is 2.26. The van der Waals surface area contributed by atoms with Gasteiger partial charge in [-0.2, -0.15) is 0 Å². The molecule has 0 aliphatic carbocycles. The van der Waals surface area contributed by atoms with Crippen molar-refractivity contribution in [2.75, 3.05) is 6.61 Å². The van der Waals surface area contributed by atoms with Gasteiger partial charge in [-0.25, -0.2) is 4.79 Å². The van der Waals surface area contributed by atoms with Crippen LogP contribution in [0.25, 0.3) is 0 Å². The summed E-state index contributed by atoms with van der Waals surface area (Å²) in [6, 6.07) is 31.3. The largest absolute Gasteiger partial charge is 0.463 e. The predicted molar refractivity (Wildman–Crippen MR) is 110 cm³/mol. The van der Waals surface area contributed by atoms with Crippen LogP contribution in [0.3, 0.4) is 0 Å². The number of hydrogen-bond acceptors (Lipinski definition) is 2. The SMILES string of the molecule is CCOC(=O)/C=C/[Si](c1ccccc1)(c1ccccc1)c1ccccc1. The van der Waals surface area contributed by atoms with Crippen LogP contribution in [0.5, 0.6) is 0 Å². The molecule has 130 valence electrons. The van der Waals surface area contributed by atoms with E-state index in [1.54, 1.807) is 6.08 Å². The van der Waals surface area contributed by atoms with Crippen molar-refractivity contribution >= 4 is 29.6 Å². The lowest BCUT2D eigenvalue weighted by molar-refractivity contribution is -0.137. The van der Waals surface area contributed by atoms with Gasteiger partial charge < -0.3 is 4.74 Å². The molecule has 0 aliphatic heterocycles. The summed E-state index contributed by atoms with van der Waals surface area (Å²) in [6.07, 6.45) is 1.60. The third-order valence-electron chi connectivity index (χ3n) is 4.44. The Hall–Kier alpha value is -2.91. The summed E-state index contributed by atoms with van der Waals surface area (Å²) in [5.74, 6) is -0.299. The van der Waals surface area contributed by atoms with Gasteiger partial charge in [-0.1, -0.05) is 96.7 Å². The van der Waals surface area contributed by atoms with E-state index in [2.05, 4.69) is 78.5 Å². The summed E-state index contributed by atoms with van der Waals surface area (Å²) in [7, 11) is -2.50. The molecule has 0 amide bonds. The van der Waals surface area contributed by atoms with E-state index in [4.69, 9.17) is 4.74 Å². The van der Waals surface area contributed by atoms with Crippen LogP contribution in [0.1, 0.15) is 6.92 Å². The maximum Gasteiger partial charge on any atom is 0.330 e. The Bertz CT molecular complexity index is 762. The van der Waals surface area contributed by atoms with E-state index >= 15 is 0 Å². The minimum absolute atomic E-state index is 0.299. The van der Waals surface area contributed by atoms with Gasteiger partial charge in [-0.3, -0.25) is 0 Å². The van der Waals surface area contributed by atoms with E-state index in [9.17, 15) is 4.79 Å². The fourth-order valence-corrected chi connectivity index (χ4v) is 7.39. The quantitative estimate of drug-likeness (QED) is 0.293. The highest BCUT2D eigenvalue weighted by Gasteiger charge is 2.36. The van der Waals surface area contributed by atoms with Crippen LogP contribution in [0.4, 0.5) is 0 Å². The van der Waals surface area contributed by atoms with E-state index in [1.807, 2.05) is 25.1 Å². The molecule has 3 heteroatoms. The topological polar surface area (TPSA) is 26.3 Å². The Labute approximate surface area is 155 Å². The Morgan fingerprint density at radius 1 is 0.769 bits per heavy atom. The van der Waals surface area contributed by atoms with Crippen molar-refractivity contribution in [2.24, 2.45) is 0 Å². The second kappa shape index (κ2) is 8.45. The molecule has 26 heavy (non-hydrogen) atoms. The molecule has 3 aromatic carbocycles. The average Bonchev–Trinajstić information content (AvgIpc) is 2.71. The Kier molecular flexibility index (Phi) is 5.82. The third-order valence-corrected chi connectivity index (χ3v) is 8.84. The standard InChI is InChI=1S/C23H22O2Si/c1-2-25-23(24)18-19-26(20-12-6-3-7-13-20,21-14-8-4-9-15-21)22-16-10-5-11-17-22/h3-19H,2H2,1H3/b19-18+. The van der Waals surface area contributed by atoms with E-state index in [0.717, 1.165) is 0 Å². The summed E-state index contributed by atoms with van der Waals surface area (Å²) < 4.78 is 5.14. The molecule has 2 nitrogen and oxygen atoms in total. The molecule has 0 N–H and O–H groups in total. The zero-order valence-electron chi connectivity index (χ0n) is 14.8. The van der Waals surface area contributed by atoms with Crippen LogP contribution in [-0.2, 0) is 9.53 Å². The number of benzene rings is 3. The van der Waals surface area contributed by atoms with Gasteiger partial charge in [0.05, 0.1) is 6.61 Å². The number of rotatable bonds is 6. The van der Waals surface area contributed by atoms with Gasteiger partial charge in [0, 0.05) is 6.08 Å². The summed E-state index contributed by atoms with van der Waals surface area (Å²) in [5, 5.41) is 3.70. The maximum absolute atomic E-state index is 12.1. The number of carbonyl (C=O) groups is 1. The summed E-state index contributed by atoms with van der Waals surface area (Å²) in [6.45, 7) is 2.20. The van der Waals surface area contributed by atoms with Gasteiger partial charge in [0.15, 0.2) is 8.07 Å². The van der Waals surface area contributed by atoms with Gasteiger partial charge in [0.2, 0.25) is 0 Å². The van der Waals surface area contributed by atoms with Crippen molar-refractivity contribution in [3.63, 3.8) is 0 Å². The normalized spacial score (nSPS) is 11.4. The molecule has 0 aromatic heterocycles. The van der Waals surface area contributed by atoms with E-state index in [0.29, 0.717) is 6.61 Å². The molecular formula is C23H22O2Si. The maximum atomic E-state index is 12.1. The first-order chi connectivity index (χ1) is 12.8. The number of ether oxygens (including phenoxy) is 1. The molecule has 3 aromatic rings. The highest BCUT2D eigenvalue weighted by Crippen LogP contribution is 2.10. The minimum Gasteiger partial charge on any atom is -0.463 e. The van der Waals surface area contributed by atoms with Gasteiger partial charge in [-0.15, -0.1) is 0 Å². The van der Waals surface area contributed by atoms with E-state index < -0.39 is 8.07 Å².